The SMILES string of the molecule is COC(=O)C[C@H]1CC2=C(C(=O)c3cc(O)cnc3C2=O)[C@@H](C)O1. The molecule has 7 nitrogen and oxygen atoms in total. The molecular formula is C16H15NO6. The van der Waals surface area contributed by atoms with Crippen LogP contribution in [0.3, 0.4) is 0 Å². The number of carbonyl (C=O) groups is 3. The van der Waals surface area contributed by atoms with Crippen LogP contribution >= 0.6 is 0 Å². The first-order valence-electron chi connectivity index (χ1n) is 7.16. The van der Waals surface area contributed by atoms with Gasteiger partial charge in [-0.3, -0.25) is 14.4 Å². The fourth-order valence-corrected chi connectivity index (χ4v) is 3.01. The van der Waals surface area contributed by atoms with Crippen LogP contribution in [0.15, 0.2) is 23.4 Å². The van der Waals surface area contributed by atoms with Crippen molar-refractivity contribution in [1.29, 1.82) is 0 Å². The van der Waals surface area contributed by atoms with Gasteiger partial charge < -0.3 is 14.6 Å². The molecule has 0 fully saturated rings. The van der Waals surface area contributed by atoms with Crippen LogP contribution in [0.2, 0.25) is 0 Å². The van der Waals surface area contributed by atoms with E-state index >= 15 is 0 Å². The van der Waals surface area contributed by atoms with Gasteiger partial charge in [0.25, 0.3) is 0 Å². The van der Waals surface area contributed by atoms with Crippen LogP contribution in [0.4, 0.5) is 0 Å². The van der Waals surface area contributed by atoms with E-state index < -0.39 is 18.2 Å². The molecule has 3 rings (SSSR count). The van der Waals surface area contributed by atoms with E-state index in [0.29, 0.717) is 5.57 Å². The van der Waals surface area contributed by atoms with Crippen molar-refractivity contribution in [3.8, 4) is 5.75 Å². The fraction of sp³-hybridized carbons (Fsp3) is 0.375. The van der Waals surface area contributed by atoms with E-state index in [1.165, 1.54) is 13.2 Å². The molecule has 0 bridgehead atoms. The Kier molecular flexibility index (Phi) is 3.73. The minimum absolute atomic E-state index is 0.00888. The van der Waals surface area contributed by atoms with Gasteiger partial charge in [-0.2, -0.15) is 0 Å². The summed E-state index contributed by atoms with van der Waals surface area (Å²) in [5.41, 5.74) is 0.706. The maximum Gasteiger partial charge on any atom is 0.308 e. The van der Waals surface area contributed by atoms with E-state index in [1.807, 2.05) is 0 Å². The van der Waals surface area contributed by atoms with Crippen molar-refractivity contribution in [3.05, 3.63) is 34.7 Å². The number of ether oxygens (including phenoxy) is 2. The van der Waals surface area contributed by atoms with Gasteiger partial charge in [0, 0.05) is 17.6 Å². The third-order valence-electron chi connectivity index (χ3n) is 4.03. The van der Waals surface area contributed by atoms with Crippen molar-refractivity contribution >= 4 is 17.5 Å². The number of ketones is 2. The highest BCUT2D eigenvalue weighted by molar-refractivity contribution is 6.26. The Morgan fingerprint density at radius 3 is 2.87 bits per heavy atom. The molecule has 2 aliphatic rings. The number of carbonyl (C=O) groups excluding carboxylic acids is 3. The lowest BCUT2D eigenvalue weighted by atomic mass is 9.80. The van der Waals surface area contributed by atoms with Gasteiger partial charge in [-0.15, -0.1) is 0 Å². The lowest BCUT2D eigenvalue weighted by molar-refractivity contribution is -0.144. The van der Waals surface area contributed by atoms with E-state index in [1.54, 1.807) is 6.92 Å². The van der Waals surface area contributed by atoms with Crippen LogP contribution in [0.25, 0.3) is 0 Å². The van der Waals surface area contributed by atoms with Gasteiger partial charge in [-0.25, -0.2) is 4.98 Å². The molecule has 1 aliphatic carbocycles. The van der Waals surface area contributed by atoms with Crippen molar-refractivity contribution in [2.45, 2.75) is 32.0 Å². The number of pyridine rings is 1. The van der Waals surface area contributed by atoms with Crippen LogP contribution in [-0.4, -0.2) is 46.9 Å². The fourth-order valence-electron chi connectivity index (χ4n) is 3.01. The van der Waals surface area contributed by atoms with Gasteiger partial charge in [0.15, 0.2) is 5.78 Å². The molecule has 7 heteroatoms. The van der Waals surface area contributed by atoms with Gasteiger partial charge in [0.2, 0.25) is 5.78 Å². The number of aromatic nitrogens is 1. The molecule has 0 aromatic carbocycles. The highest BCUT2D eigenvalue weighted by Crippen LogP contribution is 2.36. The minimum Gasteiger partial charge on any atom is -0.506 e. The average molecular weight is 317 g/mol. The van der Waals surface area contributed by atoms with Crippen LogP contribution in [0.1, 0.15) is 40.6 Å². The molecule has 1 aromatic rings. The summed E-state index contributed by atoms with van der Waals surface area (Å²) < 4.78 is 10.3. The van der Waals surface area contributed by atoms with Gasteiger partial charge in [-0.05, 0) is 13.0 Å². The molecule has 0 amide bonds. The Hall–Kier alpha value is -2.54. The molecular weight excluding hydrogens is 302 g/mol. The average Bonchev–Trinajstić information content (AvgIpc) is 2.52. The van der Waals surface area contributed by atoms with Gasteiger partial charge in [-0.1, -0.05) is 0 Å². The van der Waals surface area contributed by atoms with Crippen molar-refractivity contribution < 1.29 is 29.0 Å². The first-order valence-corrected chi connectivity index (χ1v) is 7.16. The van der Waals surface area contributed by atoms with E-state index in [-0.39, 0.29) is 47.0 Å². The number of nitrogens with zero attached hydrogens (tertiary/aromatic N) is 1. The molecule has 23 heavy (non-hydrogen) atoms. The molecule has 0 saturated heterocycles. The maximum absolute atomic E-state index is 12.6. The highest BCUT2D eigenvalue weighted by Gasteiger charge is 2.41. The van der Waals surface area contributed by atoms with Crippen LogP contribution in [-0.2, 0) is 14.3 Å². The van der Waals surface area contributed by atoms with E-state index in [4.69, 9.17) is 4.74 Å². The number of methoxy groups -OCH3 is 1. The van der Waals surface area contributed by atoms with Crippen LogP contribution in [0, 0.1) is 0 Å². The summed E-state index contributed by atoms with van der Waals surface area (Å²) in [6.07, 6.45) is 0.146. The standard InChI is InChI=1S/C16H15NO6/c1-7-13-10(4-9(23-7)5-12(19)22-2)16(21)14-11(15(13)20)3-8(18)6-17-14/h3,6-7,9,18H,4-5H2,1-2H3/t7-,9-/m1/s1. The molecule has 2 atom stereocenters. The quantitative estimate of drug-likeness (QED) is 0.817. The summed E-state index contributed by atoms with van der Waals surface area (Å²) in [4.78, 5) is 40.5. The summed E-state index contributed by atoms with van der Waals surface area (Å²) in [6.45, 7) is 1.66. The molecule has 2 heterocycles. The largest absolute Gasteiger partial charge is 0.506 e. The normalized spacial score (nSPS) is 23.4. The Morgan fingerprint density at radius 2 is 2.17 bits per heavy atom. The van der Waals surface area contributed by atoms with Crippen molar-refractivity contribution in [2.24, 2.45) is 0 Å². The molecule has 0 spiro atoms. The second-order valence-corrected chi connectivity index (χ2v) is 5.52. The first-order chi connectivity index (χ1) is 10.9. The lowest BCUT2D eigenvalue weighted by Gasteiger charge is -2.33. The first kappa shape index (κ1) is 15.4. The van der Waals surface area contributed by atoms with Crippen molar-refractivity contribution in [1.82, 2.24) is 4.98 Å². The van der Waals surface area contributed by atoms with Gasteiger partial charge >= 0.3 is 5.97 Å². The Bertz CT molecular complexity index is 751. The van der Waals surface area contributed by atoms with Gasteiger partial charge in [0.05, 0.1) is 37.5 Å². The Morgan fingerprint density at radius 1 is 1.43 bits per heavy atom. The van der Waals surface area contributed by atoms with Crippen molar-refractivity contribution in [2.75, 3.05) is 7.11 Å². The predicted octanol–water partition coefficient (Wildman–Crippen LogP) is 1.20. The zero-order chi connectivity index (χ0) is 16.7. The number of esters is 1. The lowest BCUT2D eigenvalue weighted by Crippen LogP contribution is -2.38. The second kappa shape index (κ2) is 5.58. The topological polar surface area (TPSA) is 103 Å². The molecule has 120 valence electrons. The third kappa shape index (κ3) is 2.53. The summed E-state index contributed by atoms with van der Waals surface area (Å²) in [5, 5.41) is 9.50. The molecule has 1 aromatic heterocycles. The van der Waals surface area contributed by atoms with Gasteiger partial charge in [0.1, 0.15) is 11.4 Å². The van der Waals surface area contributed by atoms with Crippen LogP contribution < -0.4 is 0 Å². The van der Waals surface area contributed by atoms with Crippen LogP contribution in [0.5, 0.6) is 5.75 Å². The Labute approximate surface area is 131 Å². The summed E-state index contributed by atoms with van der Waals surface area (Å²) in [6, 6.07) is 1.24. The molecule has 0 radical (unpaired) electrons. The number of Topliss-reactive ketones (excluding diaryl/α,β-unsaturated/α-hetero) is 2. The summed E-state index contributed by atoms with van der Waals surface area (Å²) >= 11 is 0. The number of fused-ring (bicyclic) bond motifs is 1. The molecule has 1 aliphatic heterocycles. The minimum atomic E-state index is -0.625. The number of hydrogen-bond acceptors (Lipinski definition) is 7. The monoisotopic (exact) mass is 317 g/mol. The van der Waals surface area contributed by atoms with E-state index in [0.717, 1.165) is 6.20 Å². The predicted molar refractivity (Wildman–Crippen MR) is 77.2 cm³/mol. The van der Waals surface area contributed by atoms with Crippen molar-refractivity contribution in [3.63, 3.8) is 0 Å². The second-order valence-electron chi connectivity index (χ2n) is 5.52. The number of aromatic hydroxyl groups is 1. The number of hydrogen-bond donors (Lipinski definition) is 1. The van der Waals surface area contributed by atoms with E-state index in [2.05, 4.69) is 9.72 Å². The summed E-state index contributed by atoms with van der Waals surface area (Å²) in [5.74, 6) is -1.35. The molecule has 1 N–H and O–H groups in total. The molecule has 0 unspecified atom stereocenters. The third-order valence-corrected chi connectivity index (χ3v) is 4.03. The smallest absolute Gasteiger partial charge is 0.308 e. The zero-order valence-electron chi connectivity index (χ0n) is 12.7. The molecule has 0 saturated carbocycles. The Balaban J connectivity index is 2.00. The number of rotatable bonds is 2. The van der Waals surface area contributed by atoms with E-state index in [9.17, 15) is 19.5 Å². The maximum atomic E-state index is 12.6. The summed E-state index contributed by atoms with van der Waals surface area (Å²) in [7, 11) is 1.28. The zero-order valence-corrected chi connectivity index (χ0v) is 12.7. The highest BCUT2D eigenvalue weighted by atomic mass is 16.5.